The minimum Gasteiger partial charge on any atom is -0.490 e. The van der Waals surface area contributed by atoms with Crippen LogP contribution in [0.3, 0.4) is 0 Å². The number of carbonyl (C=O) groups is 1. The summed E-state index contributed by atoms with van der Waals surface area (Å²) in [5.74, 6) is 1.01. The molecule has 0 unspecified atom stereocenters. The number of carbonyl (C=O) groups excluding carboxylic acids is 1. The van der Waals surface area contributed by atoms with E-state index in [-0.39, 0.29) is 5.91 Å². The highest BCUT2D eigenvalue weighted by molar-refractivity contribution is 5.75. The van der Waals surface area contributed by atoms with Gasteiger partial charge in [0.15, 0.2) is 0 Å². The second kappa shape index (κ2) is 7.90. The zero-order valence-corrected chi connectivity index (χ0v) is 12.2. The van der Waals surface area contributed by atoms with E-state index in [1.807, 2.05) is 31.3 Å². The van der Waals surface area contributed by atoms with Gasteiger partial charge >= 0.3 is 0 Å². The van der Waals surface area contributed by atoms with Gasteiger partial charge in [0.2, 0.25) is 5.91 Å². The van der Waals surface area contributed by atoms with Crippen molar-refractivity contribution < 1.29 is 9.53 Å². The minimum atomic E-state index is 0.0960. The van der Waals surface area contributed by atoms with Gasteiger partial charge in [-0.15, -0.1) is 0 Å². The van der Waals surface area contributed by atoms with Crippen molar-refractivity contribution in [1.29, 1.82) is 0 Å². The minimum absolute atomic E-state index is 0.0960. The fourth-order valence-corrected chi connectivity index (χ4v) is 2.14. The number of amides is 1. The first-order valence-corrected chi connectivity index (χ1v) is 7.45. The van der Waals surface area contributed by atoms with Gasteiger partial charge < -0.3 is 15.4 Å². The van der Waals surface area contributed by atoms with Crippen LogP contribution in [0.25, 0.3) is 0 Å². The molecule has 0 bridgehead atoms. The highest BCUT2D eigenvalue weighted by atomic mass is 16.5. The van der Waals surface area contributed by atoms with E-state index < -0.39 is 0 Å². The second-order valence-electron chi connectivity index (χ2n) is 5.26. The van der Waals surface area contributed by atoms with Crippen molar-refractivity contribution in [3.8, 4) is 5.75 Å². The summed E-state index contributed by atoms with van der Waals surface area (Å²) in [5, 5.41) is 6.00. The van der Waals surface area contributed by atoms with Crippen molar-refractivity contribution >= 4 is 5.91 Å². The summed E-state index contributed by atoms with van der Waals surface area (Å²) in [4.78, 5) is 11.7. The lowest BCUT2D eigenvalue weighted by Crippen LogP contribution is -2.27. The van der Waals surface area contributed by atoms with Gasteiger partial charge in [-0.3, -0.25) is 4.79 Å². The molecule has 1 fully saturated rings. The first-order chi connectivity index (χ1) is 9.79. The van der Waals surface area contributed by atoms with Gasteiger partial charge in [-0.2, -0.15) is 0 Å². The number of hydrogen-bond donors (Lipinski definition) is 2. The van der Waals surface area contributed by atoms with Crippen LogP contribution < -0.4 is 15.4 Å². The Bertz CT molecular complexity index is 430. The third-order valence-corrected chi connectivity index (χ3v) is 3.63. The smallest absolute Gasteiger partial charge is 0.220 e. The monoisotopic (exact) mass is 276 g/mol. The third-order valence-electron chi connectivity index (χ3n) is 3.63. The molecule has 110 valence electrons. The largest absolute Gasteiger partial charge is 0.490 e. The van der Waals surface area contributed by atoms with Crippen LogP contribution in [-0.4, -0.2) is 25.6 Å². The summed E-state index contributed by atoms with van der Waals surface area (Å²) < 4.78 is 5.95. The summed E-state index contributed by atoms with van der Waals surface area (Å²) in [7, 11) is 1.89. The van der Waals surface area contributed by atoms with Gasteiger partial charge in [0, 0.05) is 18.5 Å². The molecule has 0 radical (unpaired) electrons. The van der Waals surface area contributed by atoms with Gasteiger partial charge in [-0.25, -0.2) is 0 Å². The highest BCUT2D eigenvalue weighted by Crippen LogP contribution is 2.27. The highest BCUT2D eigenvalue weighted by Gasteiger charge is 2.20. The molecule has 0 aliphatic heterocycles. The molecule has 1 aromatic carbocycles. The van der Waals surface area contributed by atoms with E-state index in [0.29, 0.717) is 19.1 Å². The molecule has 1 aromatic rings. The standard InChI is InChI=1S/C16H24N2O2/c1-17-11-5-10-16(19)18-12-13-6-2-3-9-15(13)20-14-7-4-8-14/h2-3,6,9,14,17H,4-5,7-8,10-12H2,1H3,(H,18,19). The molecule has 4 heteroatoms. The van der Waals surface area contributed by atoms with E-state index in [9.17, 15) is 4.79 Å². The molecule has 1 aliphatic rings. The Kier molecular flexibility index (Phi) is 5.87. The molecule has 0 heterocycles. The summed E-state index contributed by atoms with van der Waals surface area (Å²) in [5.41, 5.74) is 1.06. The fourth-order valence-electron chi connectivity index (χ4n) is 2.14. The molecule has 0 atom stereocenters. The van der Waals surface area contributed by atoms with E-state index in [1.165, 1.54) is 6.42 Å². The fraction of sp³-hybridized carbons (Fsp3) is 0.562. The van der Waals surface area contributed by atoms with Crippen LogP contribution in [0.15, 0.2) is 24.3 Å². The Hall–Kier alpha value is -1.55. The first-order valence-electron chi connectivity index (χ1n) is 7.45. The van der Waals surface area contributed by atoms with Crippen molar-refractivity contribution in [3.05, 3.63) is 29.8 Å². The normalized spacial score (nSPS) is 14.7. The first kappa shape index (κ1) is 14.9. The van der Waals surface area contributed by atoms with Crippen molar-refractivity contribution in [2.45, 2.75) is 44.8 Å². The summed E-state index contributed by atoms with van der Waals surface area (Å²) in [6.07, 6.45) is 5.34. The predicted molar refractivity (Wildman–Crippen MR) is 79.7 cm³/mol. The number of para-hydroxylation sites is 1. The van der Waals surface area contributed by atoms with Crippen LogP contribution >= 0.6 is 0 Å². The van der Waals surface area contributed by atoms with Crippen molar-refractivity contribution in [1.82, 2.24) is 10.6 Å². The van der Waals surface area contributed by atoms with Crippen LogP contribution in [0.4, 0.5) is 0 Å². The second-order valence-corrected chi connectivity index (χ2v) is 5.26. The van der Waals surface area contributed by atoms with Gasteiger partial charge in [0.25, 0.3) is 0 Å². The number of nitrogens with one attached hydrogen (secondary N) is 2. The molecule has 1 amide bonds. The average molecular weight is 276 g/mol. The summed E-state index contributed by atoms with van der Waals surface area (Å²) >= 11 is 0. The zero-order valence-electron chi connectivity index (χ0n) is 12.2. The van der Waals surface area contributed by atoms with Gasteiger partial charge in [0.05, 0.1) is 6.10 Å². The molecule has 2 N–H and O–H groups in total. The molecule has 1 aliphatic carbocycles. The number of rotatable bonds is 8. The number of ether oxygens (including phenoxy) is 1. The molecule has 0 saturated heterocycles. The maximum Gasteiger partial charge on any atom is 0.220 e. The molecule has 20 heavy (non-hydrogen) atoms. The van der Waals surface area contributed by atoms with Crippen LogP contribution in [0, 0.1) is 0 Å². The lowest BCUT2D eigenvalue weighted by Gasteiger charge is -2.27. The Balaban J connectivity index is 1.80. The number of benzene rings is 1. The maximum absolute atomic E-state index is 11.7. The van der Waals surface area contributed by atoms with Crippen LogP contribution in [0.1, 0.15) is 37.7 Å². The molecule has 4 nitrogen and oxygen atoms in total. The quantitative estimate of drug-likeness (QED) is 0.716. The molecule has 0 aromatic heterocycles. The van der Waals surface area contributed by atoms with Gasteiger partial charge in [-0.05, 0) is 45.3 Å². The lowest BCUT2D eigenvalue weighted by molar-refractivity contribution is -0.121. The number of hydrogen-bond acceptors (Lipinski definition) is 3. The van der Waals surface area contributed by atoms with E-state index in [1.54, 1.807) is 0 Å². The Morgan fingerprint density at radius 3 is 2.85 bits per heavy atom. The van der Waals surface area contributed by atoms with Crippen LogP contribution in [0.2, 0.25) is 0 Å². The Labute approximate surface area is 120 Å². The van der Waals surface area contributed by atoms with Crippen LogP contribution in [0.5, 0.6) is 5.75 Å². The Morgan fingerprint density at radius 1 is 1.35 bits per heavy atom. The summed E-state index contributed by atoms with van der Waals surface area (Å²) in [6, 6.07) is 7.96. The predicted octanol–water partition coefficient (Wildman–Crippen LogP) is 2.23. The third kappa shape index (κ3) is 4.53. The van der Waals surface area contributed by atoms with Crippen molar-refractivity contribution in [2.75, 3.05) is 13.6 Å². The van der Waals surface area contributed by atoms with E-state index in [0.717, 1.165) is 37.1 Å². The van der Waals surface area contributed by atoms with E-state index in [2.05, 4.69) is 10.6 Å². The average Bonchev–Trinajstić information content (AvgIpc) is 2.42. The summed E-state index contributed by atoms with van der Waals surface area (Å²) in [6.45, 7) is 1.41. The van der Waals surface area contributed by atoms with Gasteiger partial charge in [-0.1, -0.05) is 18.2 Å². The topological polar surface area (TPSA) is 50.4 Å². The van der Waals surface area contributed by atoms with E-state index >= 15 is 0 Å². The van der Waals surface area contributed by atoms with E-state index in [4.69, 9.17) is 4.74 Å². The maximum atomic E-state index is 11.7. The molecule has 0 spiro atoms. The zero-order chi connectivity index (χ0) is 14.2. The molecule has 2 rings (SSSR count). The Morgan fingerprint density at radius 2 is 2.15 bits per heavy atom. The lowest BCUT2D eigenvalue weighted by atomic mass is 9.96. The molecular weight excluding hydrogens is 252 g/mol. The van der Waals surface area contributed by atoms with Crippen molar-refractivity contribution in [2.24, 2.45) is 0 Å². The SMILES string of the molecule is CNCCCC(=O)NCc1ccccc1OC1CCC1. The van der Waals surface area contributed by atoms with Crippen LogP contribution in [-0.2, 0) is 11.3 Å². The van der Waals surface area contributed by atoms with Gasteiger partial charge in [0.1, 0.15) is 5.75 Å². The van der Waals surface area contributed by atoms with Crippen molar-refractivity contribution in [3.63, 3.8) is 0 Å². The molecule has 1 saturated carbocycles. The molecular formula is C16H24N2O2.